The molecule has 0 saturated carbocycles. The lowest BCUT2D eigenvalue weighted by Gasteiger charge is -2.22. The second-order valence-corrected chi connectivity index (χ2v) is 5.41. The van der Waals surface area contributed by atoms with Crippen molar-refractivity contribution in [3.05, 3.63) is 40.4 Å². The minimum Gasteiger partial charge on any atom is -0.456 e. The van der Waals surface area contributed by atoms with Crippen LogP contribution in [0.5, 0.6) is 0 Å². The van der Waals surface area contributed by atoms with Crippen molar-refractivity contribution in [2.24, 2.45) is 11.0 Å². The number of esters is 1. The molecule has 3 rings (SSSR count). The largest absolute Gasteiger partial charge is 0.456 e. The van der Waals surface area contributed by atoms with Gasteiger partial charge in [-0.2, -0.15) is 5.10 Å². The summed E-state index contributed by atoms with van der Waals surface area (Å²) in [6.45, 7) is 2.08. The van der Waals surface area contributed by atoms with E-state index in [1.165, 1.54) is 0 Å². The summed E-state index contributed by atoms with van der Waals surface area (Å²) in [5, 5.41) is 8.36. The second-order valence-electron chi connectivity index (χ2n) is 5.41. The van der Waals surface area contributed by atoms with E-state index in [2.05, 4.69) is 15.1 Å². The molecular formula is C15H17N5O3. The number of fused-ring (bicyclic) bond motifs is 1. The van der Waals surface area contributed by atoms with E-state index in [1.54, 1.807) is 18.3 Å². The molecule has 1 saturated heterocycles. The van der Waals surface area contributed by atoms with Crippen molar-refractivity contribution in [2.75, 3.05) is 19.9 Å². The summed E-state index contributed by atoms with van der Waals surface area (Å²) in [7, 11) is 0. The summed E-state index contributed by atoms with van der Waals surface area (Å²) < 4.78 is 12.2. The molecule has 2 aromatic rings. The molecule has 1 aliphatic rings. The molecule has 1 aliphatic heterocycles. The monoisotopic (exact) mass is 315 g/mol. The molecular weight excluding hydrogens is 298 g/mol. The van der Waals surface area contributed by atoms with Crippen LogP contribution in [0.4, 0.5) is 0 Å². The summed E-state index contributed by atoms with van der Waals surface area (Å²) in [6, 6.07) is 5.42. The predicted molar refractivity (Wildman–Crippen MR) is 82.7 cm³/mol. The van der Waals surface area contributed by atoms with Crippen molar-refractivity contribution in [1.29, 1.82) is 0 Å². The summed E-state index contributed by atoms with van der Waals surface area (Å²) >= 11 is 0. The van der Waals surface area contributed by atoms with Gasteiger partial charge < -0.3 is 9.47 Å². The Balaban J connectivity index is 1.81. The lowest BCUT2D eigenvalue weighted by Crippen LogP contribution is -2.20. The van der Waals surface area contributed by atoms with Crippen LogP contribution in [0.25, 0.3) is 21.3 Å². The number of aromatic nitrogens is 2. The van der Waals surface area contributed by atoms with E-state index in [4.69, 9.17) is 15.0 Å². The van der Waals surface area contributed by atoms with Crippen LogP contribution < -0.4 is 0 Å². The van der Waals surface area contributed by atoms with Gasteiger partial charge in [-0.3, -0.25) is 4.68 Å². The number of ether oxygens (including phenoxy) is 2. The van der Waals surface area contributed by atoms with E-state index in [1.807, 2.05) is 10.7 Å². The predicted octanol–water partition coefficient (Wildman–Crippen LogP) is 2.89. The third-order valence-corrected chi connectivity index (χ3v) is 4.00. The van der Waals surface area contributed by atoms with Crippen LogP contribution in [0.2, 0.25) is 0 Å². The summed E-state index contributed by atoms with van der Waals surface area (Å²) in [4.78, 5) is 14.6. The molecule has 1 fully saturated rings. The van der Waals surface area contributed by atoms with Crippen LogP contribution in [0.3, 0.4) is 0 Å². The van der Waals surface area contributed by atoms with Crippen molar-refractivity contribution in [3.8, 4) is 0 Å². The van der Waals surface area contributed by atoms with Gasteiger partial charge in [0.15, 0.2) is 6.73 Å². The molecule has 8 nitrogen and oxygen atoms in total. The standard InChI is InChI=1S/C15H17N5O3/c16-19-17-10-23-15(21)12-2-1-3-14-13(12)8-18-20(14)9-11-4-6-22-7-5-11/h1-3,8,11H,4-7,9-10H2. The first kappa shape index (κ1) is 15.3. The number of carbonyl (C=O) groups is 1. The summed E-state index contributed by atoms with van der Waals surface area (Å²) in [6.07, 6.45) is 3.73. The third kappa shape index (κ3) is 3.44. The summed E-state index contributed by atoms with van der Waals surface area (Å²) in [5.74, 6) is 0.0149. The number of nitrogens with zero attached hydrogens (tertiary/aromatic N) is 5. The first-order valence-corrected chi connectivity index (χ1v) is 7.50. The zero-order valence-electron chi connectivity index (χ0n) is 12.6. The second kappa shape index (κ2) is 7.13. The SMILES string of the molecule is [N-]=[N+]=NCOC(=O)c1cccc2c1cnn2CC1CCOCC1. The van der Waals surface area contributed by atoms with E-state index in [0.717, 1.165) is 43.5 Å². The van der Waals surface area contributed by atoms with Gasteiger partial charge in [0, 0.05) is 30.1 Å². The molecule has 0 spiro atoms. The van der Waals surface area contributed by atoms with Crippen LogP contribution in [0, 0.1) is 5.92 Å². The minimum atomic E-state index is -0.520. The molecule has 0 aliphatic carbocycles. The highest BCUT2D eigenvalue weighted by molar-refractivity contribution is 6.03. The van der Waals surface area contributed by atoms with Crippen LogP contribution in [0.1, 0.15) is 23.2 Å². The highest BCUT2D eigenvalue weighted by atomic mass is 16.5. The minimum absolute atomic E-state index is 0.318. The lowest BCUT2D eigenvalue weighted by molar-refractivity contribution is 0.0518. The van der Waals surface area contributed by atoms with Gasteiger partial charge in [-0.15, -0.1) is 0 Å². The van der Waals surface area contributed by atoms with Gasteiger partial charge in [0.1, 0.15) is 0 Å². The Bertz CT molecular complexity index is 745. The van der Waals surface area contributed by atoms with Crippen molar-refractivity contribution < 1.29 is 14.3 Å². The van der Waals surface area contributed by atoms with Crippen LogP contribution in [-0.2, 0) is 16.0 Å². The Labute approximate surface area is 132 Å². The third-order valence-electron chi connectivity index (χ3n) is 4.00. The van der Waals surface area contributed by atoms with E-state index in [0.29, 0.717) is 11.5 Å². The quantitative estimate of drug-likeness (QED) is 0.366. The fourth-order valence-electron chi connectivity index (χ4n) is 2.79. The molecule has 120 valence electrons. The van der Waals surface area contributed by atoms with Crippen molar-refractivity contribution in [2.45, 2.75) is 19.4 Å². The van der Waals surface area contributed by atoms with Gasteiger partial charge in [0.2, 0.25) is 0 Å². The number of hydrogen-bond acceptors (Lipinski definition) is 5. The van der Waals surface area contributed by atoms with Crippen molar-refractivity contribution >= 4 is 16.9 Å². The highest BCUT2D eigenvalue weighted by Crippen LogP contribution is 2.23. The van der Waals surface area contributed by atoms with Crippen LogP contribution in [-0.4, -0.2) is 35.7 Å². The maximum atomic E-state index is 12.1. The molecule has 1 aromatic carbocycles. The van der Waals surface area contributed by atoms with Crippen molar-refractivity contribution in [3.63, 3.8) is 0 Å². The van der Waals surface area contributed by atoms with E-state index in [9.17, 15) is 4.79 Å². The molecule has 1 aromatic heterocycles. The summed E-state index contributed by atoms with van der Waals surface area (Å²) in [5.41, 5.74) is 9.55. The molecule has 8 heteroatoms. The number of carbonyl (C=O) groups excluding carboxylic acids is 1. The Morgan fingerprint density at radius 1 is 1.48 bits per heavy atom. The average molecular weight is 315 g/mol. The molecule has 0 bridgehead atoms. The van der Waals surface area contributed by atoms with Crippen molar-refractivity contribution in [1.82, 2.24) is 9.78 Å². The van der Waals surface area contributed by atoms with Gasteiger partial charge in [-0.05, 0) is 36.4 Å². The molecule has 0 amide bonds. The fourth-order valence-corrected chi connectivity index (χ4v) is 2.79. The van der Waals surface area contributed by atoms with Crippen LogP contribution >= 0.6 is 0 Å². The smallest absolute Gasteiger partial charge is 0.338 e. The van der Waals surface area contributed by atoms with E-state index < -0.39 is 5.97 Å². The van der Waals surface area contributed by atoms with Crippen LogP contribution in [0.15, 0.2) is 29.5 Å². The normalized spacial score (nSPS) is 15.3. The van der Waals surface area contributed by atoms with Gasteiger partial charge in [0.25, 0.3) is 0 Å². The first-order valence-electron chi connectivity index (χ1n) is 7.50. The molecule has 0 unspecified atom stereocenters. The zero-order chi connectivity index (χ0) is 16.1. The fraction of sp³-hybridized carbons (Fsp3) is 0.467. The topological polar surface area (TPSA) is 102 Å². The molecule has 0 N–H and O–H groups in total. The Hall–Kier alpha value is -2.57. The first-order chi connectivity index (χ1) is 11.3. The molecule has 23 heavy (non-hydrogen) atoms. The molecule has 0 radical (unpaired) electrons. The molecule has 0 atom stereocenters. The van der Waals surface area contributed by atoms with Gasteiger partial charge >= 0.3 is 5.97 Å². The van der Waals surface area contributed by atoms with E-state index >= 15 is 0 Å². The zero-order valence-corrected chi connectivity index (χ0v) is 12.6. The maximum Gasteiger partial charge on any atom is 0.338 e. The number of rotatable bonds is 5. The maximum absolute atomic E-state index is 12.1. The van der Waals surface area contributed by atoms with Gasteiger partial charge in [0.05, 0.1) is 17.3 Å². The molecule has 2 heterocycles. The Morgan fingerprint density at radius 3 is 3.09 bits per heavy atom. The number of azide groups is 1. The Kier molecular flexibility index (Phi) is 4.75. The number of benzene rings is 1. The Morgan fingerprint density at radius 2 is 2.30 bits per heavy atom. The van der Waals surface area contributed by atoms with Gasteiger partial charge in [-0.1, -0.05) is 11.2 Å². The number of hydrogen-bond donors (Lipinski definition) is 0. The van der Waals surface area contributed by atoms with Gasteiger partial charge in [-0.25, -0.2) is 4.79 Å². The average Bonchev–Trinajstić information content (AvgIpc) is 2.99. The lowest BCUT2D eigenvalue weighted by atomic mass is 10.0. The highest BCUT2D eigenvalue weighted by Gasteiger charge is 2.18. The van der Waals surface area contributed by atoms with E-state index in [-0.39, 0.29) is 6.73 Å².